The van der Waals surface area contributed by atoms with Gasteiger partial charge in [-0.05, 0) is 27.7 Å². The number of hydrogen-bond acceptors (Lipinski definition) is 2. The zero-order chi connectivity index (χ0) is 9.46. The smallest absolute Gasteiger partial charge is 0.185 e. The molecule has 1 rings (SSSR count). The van der Waals surface area contributed by atoms with Crippen molar-refractivity contribution in [3.63, 3.8) is 0 Å². The van der Waals surface area contributed by atoms with E-state index in [-0.39, 0.29) is 19.0 Å². The van der Waals surface area contributed by atoms with Gasteiger partial charge in [-0.25, -0.2) is 0 Å². The molecule has 72 valence electrons. The van der Waals surface area contributed by atoms with E-state index in [1.54, 1.807) is 27.7 Å². The van der Waals surface area contributed by atoms with Crippen molar-refractivity contribution in [3.8, 4) is 0 Å². The van der Waals surface area contributed by atoms with Gasteiger partial charge in [-0.15, -0.1) is 0 Å². The molecule has 0 saturated heterocycles. The van der Waals surface area contributed by atoms with E-state index < -0.39 is 0 Å². The molecule has 0 atom stereocenters. The van der Waals surface area contributed by atoms with E-state index >= 15 is 0 Å². The summed E-state index contributed by atoms with van der Waals surface area (Å²) in [5.41, 5.74) is 2.34. The fraction of sp³-hybridized carbons (Fsp3) is 0.455. The summed E-state index contributed by atoms with van der Waals surface area (Å²) in [5.74, 6) is 0.00852. The summed E-state index contributed by atoms with van der Waals surface area (Å²) in [6.45, 7) is 6.80. The van der Waals surface area contributed by atoms with Gasteiger partial charge in [-0.2, -0.15) is 0 Å². The maximum absolute atomic E-state index is 11.4. The maximum atomic E-state index is 11.4. The van der Waals surface area contributed by atoms with Crippen molar-refractivity contribution >= 4 is 11.6 Å². The van der Waals surface area contributed by atoms with Crippen LogP contribution >= 0.6 is 0 Å². The first-order valence-corrected chi connectivity index (χ1v) is 3.91. The highest BCUT2D eigenvalue weighted by atomic mass is 16.1. The van der Waals surface area contributed by atoms with Crippen LogP contribution in [0.3, 0.4) is 0 Å². The minimum atomic E-state index is 0. The molecule has 0 N–H and O–H groups in total. The zero-order valence-corrected chi connectivity index (χ0v) is 7.82. The summed E-state index contributed by atoms with van der Waals surface area (Å²) in [4.78, 5) is 22.8. The average molecular weight is 180 g/mol. The third-order valence-electron chi connectivity index (χ3n) is 2.49. The molecular weight excluding hydrogens is 164 g/mol. The van der Waals surface area contributed by atoms with Crippen molar-refractivity contribution in [2.45, 2.75) is 35.1 Å². The van der Waals surface area contributed by atoms with Gasteiger partial charge in [0.2, 0.25) is 0 Å². The lowest BCUT2D eigenvalue weighted by atomic mass is 9.87. The van der Waals surface area contributed by atoms with Crippen LogP contribution in [0.5, 0.6) is 0 Å². The number of hydrogen-bond donors (Lipinski definition) is 0. The summed E-state index contributed by atoms with van der Waals surface area (Å²) in [5, 5.41) is 0. The number of allylic oxidation sites excluding steroid dienone is 4. The van der Waals surface area contributed by atoms with Crippen LogP contribution in [0.15, 0.2) is 22.3 Å². The van der Waals surface area contributed by atoms with Gasteiger partial charge in [0.25, 0.3) is 0 Å². The molecule has 0 unspecified atom stereocenters. The van der Waals surface area contributed by atoms with Crippen LogP contribution < -0.4 is 0 Å². The first-order chi connectivity index (χ1) is 5.46. The molecule has 0 bridgehead atoms. The second-order valence-corrected chi connectivity index (χ2v) is 3.16. The lowest BCUT2D eigenvalue weighted by Crippen LogP contribution is -2.18. The molecule has 0 saturated carbocycles. The third-order valence-corrected chi connectivity index (χ3v) is 2.49. The first-order valence-electron chi connectivity index (χ1n) is 3.91. The van der Waals surface area contributed by atoms with Crippen molar-refractivity contribution < 1.29 is 9.59 Å². The summed E-state index contributed by atoms with van der Waals surface area (Å²) >= 11 is 0. The van der Waals surface area contributed by atoms with Crippen molar-refractivity contribution in [1.29, 1.82) is 0 Å². The Kier molecular flexibility index (Phi) is 3.35. The van der Waals surface area contributed by atoms with E-state index in [9.17, 15) is 9.59 Å². The molecule has 1 aliphatic carbocycles. The number of Topliss-reactive ketones (excluding diaryl/α,β-unsaturated/α-hetero) is 2. The van der Waals surface area contributed by atoms with E-state index in [2.05, 4.69) is 0 Å². The quantitative estimate of drug-likeness (QED) is 0.536. The van der Waals surface area contributed by atoms with E-state index in [1.807, 2.05) is 0 Å². The van der Waals surface area contributed by atoms with Crippen LogP contribution in [-0.2, 0) is 9.59 Å². The molecule has 2 heteroatoms. The molecule has 2 nitrogen and oxygen atoms in total. The van der Waals surface area contributed by atoms with Gasteiger partial charge in [-0.3, -0.25) is 9.59 Å². The van der Waals surface area contributed by atoms with Crippen LogP contribution in [0.2, 0.25) is 0 Å². The molecule has 0 radical (unpaired) electrons. The fourth-order valence-electron chi connectivity index (χ4n) is 1.24. The molecule has 0 aromatic rings. The van der Waals surface area contributed by atoms with Gasteiger partial charge in [0.05, 0.1) is 0 Å². The van der Waals surface area contributed by atoms with Gasteiger partial charge < -0.3 is 0 Å². The topological polar surface area (TPSA) is 34.1 Å². The largest absolute Gasteiger partial charge is 0.289 e. The number of carbonyl (C=O) groups is 2. The number of ketones is 2. The molecule has 1 aliphatic rings. The minimum absolute atomic E-state index is 0. The Morgan fingerprint density at radius 3 is 0.923 bits per heavy atom. The Hall–Kier alpha value is -1.18. The lowest BCUT2D eigenvalue weighted by Gasteiger charge is -2.15. The van der Waals surface area contributed by atoms with Gasteiger partial charge in [0.1, 0.15) is 0 Å². The van der Waals surface area contributed by atoms with Gasteiger partial charge >= 0.3 is 0 Å². The van der Waals surface area contributed by atoms with Crippen molar-refractivity contribution in [2.24, 2.45) is 0 Å². The SMILES string of the molecule is C.CC1=C(C)C(=O)C(C)=C(C)C1=O. The minimum Gasteiger partial charge on any atom is -0.289 e. The van der Waals surface area contributed by atoms with Crippen LogP contribution in [0.1, 0.15) is 35.1 Å². The van der Waals surface area contributed by atoms with Crippen LogP contribution in [0.4, 0.5) is 0 Å². The Labute approximate surface area is 79.3 Å². The highest BCUT2D eigenvalue weighted by molar-refractivity contribution is 6.24. The second-order valence-electron chi connectivity index (χ2n) is 3.16. The number of rotatable bonds is 0. The summed E-state index contributed by atoms with van der Waals surface area (Å²) < 4.78 is 0. The summed E-state index contributed by atoms with van der Waals surface area (Å²) in [6, 6.07) is 0. The van der Waals surface area contributed by atoms with Crippen molar-refractivity contribution in [3.05, 3.63) is 22.3 Å². The van der Waals surface area contributed by atoms with E-state index in [1.165, 1.54) is 0 Å². The summed E-state index contributed by atoms with van der Waals surface area (Å²) in [7, 11) is 0. The lowest BCUT2D eigenvalue weighted by molar-refractivity contribution is -0.116. The maximum Gasteiger partial charge on any atom is 0.185 e. The highest BCUT2D eigenvalue weighted by Gasteiger charge is 2.24. The standard InChI is InChI=1S/C10H12O2.CH4/c1-5-6(2)10(12)8(4)7(3)9(5)11;/h1-4H3;1H4. The normalized spacial score (nSPS) is 17.8. The molecule has 0 aromatic carbocycles. The fourth-order valence-corrected chi connectivity index (χ4v) is 1.24. The second kappa shape index (κ2) is 3.69. The molecule has 13 heavy (non-hydrogen) atoms. The average Bonchev–Trinajstić information content (AvgIpc) is 2.08. The van der Waals surface area contributed by atoms with E-state index in [0.29, 0.717) is 22.3 Å². The van der Waals surface area contributed by atoms with Gasteiger partial charge in [0.15, 0.2) is 11.6 Å². The molecular formula is C11H16O2. The Morgan fingerprint density at radius 1 is 0.615 bits per heavy atom. The van der Waals surface area contributed by atoms with Crippen molar-refractivity contribution in [1.82, 2.24) is 0 Å². The Bertz CT molecular complexity index is 268. The van der Waals surface area contributed by atoms with Crippen LogP contribution in [-0.4, -0.2) is 11.6 Å². The highest BCUT2D eigenvalue weighted by Crippen LogP contribution is 2.23. The van der Waals surface area contributed by atoms with Crippen LogP contribution in [0, 0.1) is 0 Å². The molecule has 0 amide bonds. The first kappa shape index (κ1) is 11.8. The predicted molar refractivity (Wildman–Crippen MR) is 53.5 cm³/mol. The molecule has 0 aromatic heterocycles. The van der Waals surface area contributed by atoms with Gasteiger partial charge in [0, 0.05) is 22.3 Å². The molecule has 0 fully saturated rings. The van der Waals surface area contributed by atoms with Crippen LogP contribution in [0.25, 0.3) is 0 Å². The van der Waals surface area contributed by atoms with Gasteiger partial charge in [-0.1, -0.05) is 7.43 Å². The monoisotopic (exact) mass is 180 g/mol. The molecule has 0 aliphatic heterocycles. The zero-order valence-electron chi connectivity index (χ0n) is 7.82. The Balaban J connectivity index is 0.00000144. The Morgan fingerprint density at radius 2 is 0.769 bits per heavy atom. The van der Waals surface area contributed by atoms with Crippen molar-refractivity contribution in [2.75, 3.05) is 0 Å². The van der Waals surface area contributed by atoms with E-state index in [4.69, 9.17) is 0 Å². The third kappa shape index (κ3) is 1.62. The number of carbonyl (C=O) groups excluding carboxylic acids is 2. The molecule has 0 heterocycles. The van der Waals surface area contributed by atoms with E-state index in [0.717, 1.165) is 0 Å². The predicted octanol–water partition coefficient (Wildman–Crippen LogP) is 2.45. The molecule has 0 spiro atoms. The summed E-state index contributed by atoms with van der Waals surface area (Å²) in [6.07, 6.45) is 0.